The molecule has 1 aliphatic heterocycles. The van der Waals surface area contributed by atoms with E-state index >= 15 is 0 Å². The van der Waals surface area contributed by atoms with Crippen LogP contribution in [0.3, 0.4) is 0 Å². The number of carbonyl (C=O) groups excluding carboxylic acids is 1. The number of hydrogen-bond acceptors (Lipinski definition) is 1. The molecule has 0 radical (unpaired) electrons. The van der Waals surface area contributed by atoms with Gasteiger partial charge in [0.05, 0.1) is 0 Å². The molecule has 4 heteroatoms. The first kappa shape index (κ1) is 5.89. The van der Waals surface area contributed by atoms with Gasteiger partial charge in [-0.2, -0.15) is 0 Å². The van der Waals surface area contributed by atoms with E-state index < -0.39 is 0 Å². The van der Waals surface area contributed by atoms with Gasteiger partial charge in [-0.05, 0) is 0 Å². The van der Waals surface area contributed by atoms with Crippen LogP contribution in [0.5, 0.6) is 0 Å². The van der Waals surface area contributed by atoms with Gasteiger partial charge in [0.1, 0.15) is 0 Å². The first-order valence-electron chi connectivity index (χ1n) is 2.75. The third-order valence-corrected chi connectivity index (χ3v) is 2.01. The van der Waals surface area contributed by atoms with Crippen LogP contribution < -0.4 is 7.92 Å². The molecule has 1 amide bonds. The van der Waals surface area contributed by atoms with Crippen LogP contribution in [0.2, 0.25) is 0 Å². The Labute approximate surface area is 64.6 Å². The molecule has 1 aromatic rings. The molecule has 0 atom stereocenters. The summed E-state index contributed by atoms with van der Waals surface area (Å²) in [5.74, 6) is -0.0272. The molecule has 10 heavy (non-hydrogen) atoms. The van der Waals surface area contributed by atoms with Crippen LogP contribution in [0.15, 0.2) is 24.5 Å². The third kappa shape index (κ3) is 0.818. The van der Waals surface area contributed by atoms with E-state index in [2.05, 4.69) is 4.33 Å². The Balaban J connectivity index is 2.59. The summed E-state index contributed by atoms with van der Waals surface area (Å²) >= 11 is 1.36. The molecule has 0 saturated carbocycles. The van der Waals surface area contributed by atoms with Crippen LogP contribution in [-0.4, -0.2) is 5.91 Å². The summed E-state index contributed by atoms with van der Waals surface area (Å²) in [4.78, 5) is 10.9. The molecule has 1 N–H and O–H groups in total. The van der Waals surface area contributed by atoms with Gasteiger partial charge in [0.15, 0.2) is 0 Å². The second kappa shape index (κ2) is 2.08. The van der Waals surface area contributed by atoms with Gasteiger partial charge in [0.2, 0.25) is 0 Å². The van der Waals surface area contributed by atoms with E-state index in [-0.39, 0.29) is 5.91 Å². The van der Waals surface area contributed by atoms with Crippen LogP contribution in [0, 0.1) is 0 Å². The van der Waals surface area contributed by atoms with Crippen molar-refractivity contribution in [1.29, 1.82) is 0 Å². The van der Waals surface area contributed by atoms with Crippen molar-refractivity contribution in [3.05, 3.63) is 30.1 Å². The Kier molecular flexibility index (Phi) is 1.22. The van der Waals surface area contributed by atoms with E-state index in [4.69, 9.17) is 0 Å². The van der Waals surface area contributed by atoms with Gasteiger partial charge in [-0.3, -0.25) is 0 Å². The maximum absolute atomic E-state index is 10.9. The van der Waals surface area contributed by atoms with Crippen LogP contribution in [0.1, 0.15) is 10.4 Å². The second-order valence-electron chi connectivity index (χ2n) is 1.87. The predicted octanol–water partition coefficient (Wildman–Crippen LogP) is -0.522. The molecule has 2 bridgehead atoms. The number of amides is 1. The van der Waals surface area contributed by atoms with Crippen molar-refractivity contribution in [3.63, 3.8) is 0 Å². The van der Waals surface area contributed by atoms with Crippen molar-refractivity contribution in [2.75, 3.05) is 0 Å². The van der Waals surface area contributed by atoms with Gasteiger partial charge in [0.25, 0.3) is 0 Å². The van der Waals surface area contributed by atoms with Gasteiger partial charge in [-0.1, -0.05) is 0 Å². The summed E-state index contributed by atoms with van der Waals surface area (Å²) in [6, 6.07) is 3.63. The van der Waals surface area contributed by atoms with Gasteiger partial charge >= 0.3 is 64.1 Å². The molecule has 2 heterocycles. The van der Waals surface area contributed by atoms with E-state index in [9.17, 15) is 4.79 Å². The monoisotopic (exact) mass is 184 g/mol. The zero-order valence-electron chi connectivity index (χ0n) is 4.97. The third-order valence-electron chi connectivity index (χ3n) is 1.19. The standard InChI is InChI=1S/C6H6N2O.Cu/c7-6(9)5-2-1-3-8-4-5;/h1-4H,(H2,7,9);/q;+2/p-1. The quantitative estimate of drug-likeness (QED) is 0.541. The van der Waals surface area contributed by atoms with Crippen molar-refractivity contribution in [2.45, 2.75) is 0 Å². The minimum absolute atomic E-state index is 0.0272. The second-order valence-corrected chi connectivity index (χ2v) is 2.80. The average molecular weight is 185 g/mol. The molecule has 0 fully saturated rings. The molecule has 0 aliphatic carbocycles. The first-order valence-corrected chi connectivity index (χ1v) is 3.64. The van der Waals surface area contributed by atoms with E-state index in [0.29, 0.717) is 5.56 Å². The van der Waals surface area contributed by atoms with E-state index in [0.717, 1.165) is 0 Å². The number of fused-ring (bicyclic) bond motifs is 2. The molecule has 1 aliphatic rings. The molecule has 0 spiro atoms. The summed E-state index contributed by atoms with van der Waals surface area (Å²) in [6.45, 7) is 0. The fourth-order valence-electron chi connectivity index (χ4n) is 0.720. The SMILES string of the molecule is O=C1[NH][Cu][n+]2cccc1c2. The average Bonchev–Trinajstić information content (AvgIpc) is 1.99. The summed E-state index contributed by atoms with van der Waals surface area (Å²) in [5.41, 5.74) is 0.707. The van der Waals surface area contributed by atoms with Crippen LogP contribution in [-0.2, 0) is 15.4 Å². The fraction of sp³-hybridized carbons (Fsp3) is 0. The zero-order chi connectivity index (χ0) is 6.97. The summed E-state index contributed by atoms with van der Waals surface area (Å²) in [6.07, 6.45) is 3.67. The molecule has 1 aromatic heterocycles. The number of aromatic nitrogens is 1. The number of nitrogens with zero attached hydrogens (tertiary/aromatic N) is 1. The van der Waals surface area contributed by atoms with Crippen LogP contribution >= 0.6 is 0 Å². The Morgan fingerprint density at radius 3 is 3.30 bits per heavy atom. The maximum atomic E-state index is 10.9. The zero-order valence-corrected chi connectivity index (χ0v) is 5.91. The normalized spacial score (nSPS) is 15.4. The summed E-state index contributed by atoms with van der Waals surface area (Å²) in [7, 11) is 0. The molecule has 0 unspecified atom stereocenters. The predicted molar refractivity (Wildman–Crippen MR) is 29.5 cm³/mol. The summed E-state index contributed by atoms with van der Waals surface area (Å²) in [5, 5.41) is 0. The molecule has 3 nitrogen and oxygen atoms in total. The van der Waals surface area contributed by atoms with E-state index in [1.54, 1.807) is 12.3 Å². The number of rotatable bonds is 0. The molecule has 0 saturated heterocycles. The Morgan fingerprint density at radius 1 is 1.60 bits per heavy atom. The number of nitrogens with one attached hydrogen (secondary N) is 1. The fourth-order valence-corrected chi connectivity index (χ4v) is 1.42. The molecule has 0 aromatic carbocycles. The van der Waals surface area contributed by atoms with Gasteiger partial charge in [-0.15, -0.1) is 0 Å². The molecule has 2 rings (SSSR count). The van der Waals surface area contributed by atoms with Crippen molar-refractivity contribution in [1.82, 2.24) is 4.33 Å². The van der Waals surface area contributed by atoms with E-state index in [1.165, 1.54) is 15.4 Å². The summed E-state index contributed by atoms with van der Waals surface area (Å²) < 4.78 is 4.46. The van der Waals surface area contributed by atoms with Crippen molar-refractivity contribution in [2.24, 2.45) is 0 Å². The van der Waals surface area contributed by atoms with Crippen molar-refractivity contribution >= 4 is 5.91 Å². The molecular formula is C6H5CuN2O+. The van der Waals surface area contributed by atoms with Gasteiger partial charge in [-0.25, -0.2) is 0 Å². The van der Waals surface area contributed by atoms with Crippen LogP contribution in [0.25, 0.3) is 0 Å². The molecule has 55 valence electrons. The number of pyridine rings is 1. The minimum atomic E-state index is -0.0272. The van der Waals surface area contributed by atoms with Crippen molar-refractivity contribution in [3.8, 4) is 0 Å². The first-order chi connectivity index (χ1) is 4.86. The van der Waals surface area contributed by atoms with Crippen molar-refractivity contribution < 1.29 is 23.8 Å². The van der Waals surface area contributed by atoms with Crippen LogP contribution in [0.4, 0.5) is 0 Å². The van der Waals surface area contributed by atoms with Gasteiger partial charge in [0, 0.05) is 0 Å². The Hall–Kier alpha value is -0.861. The topological polar surface area (TPSA) is 33.0 Å². The molecular weight excluding hydrogens is 180 g/mol. The Morgan fingerprint density at radius 2 is 2.50 bits per heavy atom. The van der Waals surface area contributed by atoms with E-state index in [1.807, 2.05) is 15.8 Å². The Bertz CT molecular complexity index is 287. The van der Waals surface area contributed by atoms with Gasteiger partial charge < -0.3 is 0 Å². The number of hydrogen-bond donors (Lipinski definition) is 1. The number of carbonyl (C=O) groups is 1.